The van der Waals surface area contributed by atoms with E-state index in [1.165, 1.54) is 14.2 Å². The van der Waals surface area contributed by atoms with Crippen molar-refractivity contribution in [3.8, 4) is 0 Å². The summed E-state index contributed by atoms with van der Waals surface area (Å²) in [5.74, 6) is -0.888. The van der Waals surface area contributed by atoms with Gasteiger partial charge in [0.25, 0.3) is 5.91 Å². The molecule has 0 fully saturated rings. The molecule has 0 aliphatic carbocycles. The summed E-state index contributed by atoms with van der Waals surface area (Å²) in [6.07, 6.45) is 3.26. The first-order valence-corrected chi connectivity index (χ1v) is 8.33. The van der Waals surface area contributed by atoms with Crippen LogP contribution >= 0.6 is 0 Å². The van der Waals surface area contributed by atoms with E-state index >= 15 is 0 Å². The SMILES string of the molecule is COC(=O)[C@@H](C/C=C/c1ccccc1)NC(=O)[C@H](OC)c1ccccc1. The quantitative estimate of drug-likeness (QED) is 0.741. The molecule has 0 radical (unpaired) electrons. The van der Waals surface area contributed by atoms with Crippen LogP contribution < -0.4 is 5.32 Å². The van der Waals surface area contributed by atoms with Crippen molar-refractivity contribution >= 4 is 18.0 Å². The van der Waals surface area contributed by atoms with Gasteiger partial charge in [0.2, 0.25) is 0 Å². The lowest BCUT2D eigenvalue weighted by atomic mass is 10.1. The van der Waals surface area contributed by atoms with Crippen LogP contribution in [0.2, 0.25) is 0 Å². The predicted octanol–water partition coefficient (Wildman–Crippen LogP) is 3.14. The van der Waals surface area contributed by atoms with Crippen molar-refractivity contribution in [1.29, 1.82) is 0 Å². The highest BCUT2D eigenvalue weighted by Crippen LogP contribution is 2.17. The molecule has 0 bridgehead atoms. The zero-order chi connectivity index (χ0) is 18.8. The van der Waals surface area contributed by atoms with E-state index in [0.29, 0.717) is 6.42 Å². The van der Waals surface area contributed by atoms with Gasteiger partial charge in [-0.3, -0.25) is 4.79 Å². The highest BCUT2D eigenvalue weighted by atomic mass is 16.5. The Morgan fingerprint density at radius 2 is 1.62 bits per heavy atom. The number of amides is 1. The number of carbonyl (C=O) groups is 2. The molecule has 0 unspecified atom stereocenters. The fourth-order valence-corrected chi connectivity index (χ4v) is 2.53. The summed E-state index contributed by atoms with van der Waals surface area (Å²) in [5.41, 5.74) is 1.73. The van der Waals surface area contributed by atoms with Gasteiger partial charge < -0.3 is 14.8 Å². The molecule has 2 atom stereocenters. The van der Waals surface area contributed by atoms with Crippen LogP contribution in [-0.2, 0) is 19.1 Å². The molecule has 1 amide bonds. The lowest BCUT2D eigenvalue weighted by Gasteiger charge is -2.20. The predicted molar refractivity (Wildman–Crippen MR) is 100 cm³/mol. The van der Waals surface area contributed by atoms with Crippen LogP contribution in [0.5, 0.6) is 0 Å². The van der Waals surface area contributed by atoms with E-state index in [9.17, 15) is 9.59 Å². The van der Waals surface area contributed by atoms with Gasteiger partial charge in [0.1, 0.15) is 6.04 Å². The van der Waals surface area contributed by atoms with Crippen molar-refractivity contribution in [2.24, 2.45) is 0 Å². The average molecular weight is 353 g/mol. The monoisotopic (exact) mass is 353 g/mol. The first-order valence-electron chi connectivity index (χ1n) is 8.33. The molecule has 0 aliphatic heterocycles. The van der Waals surface area contributed by atoms with E-state index in [2.05, 4.69) is 5.32 Å². The molecule has 2 rings (SSSR count). The molecular weight excluding hydrogens is 330 g/mol. The maximum absolute atomic E-state index is 12.6. The average Bonchev–Trinajstić information content (AvgIpc) is 2.69. The Labute approximate surface area is 153 Å². The number of hydrogen-bond donors (Lipinski definition) is 1. The van der Waals surface area contributed by atoms with Crippen LogP contribution in [0, 0.1) is 0 Å². The second-order valence-corrected chi connectivity index (χ2v) is 5.66. The summed E-state index contributed by atoms with van der Waals surface area (Å²) >= 11 is 0. The molecule has 2 aromatic carbocycles. The number of nitrogens with one attached hydrogen (secondary N) is 1. The highest BCUT2D eigenvalue weighted by molar-refractivity contribution is 5.87. The molecular formula is C21H23NO4. The van der Waals surface area contributed by atoms with E-state index in [1.54, 1.807) is 12.1 Å². The van der Waals surface area contributed by atoms with E-state index in [1.807, 2.05) is 60.7 Å². The summed E-state index contributed by atoms with van der Waals surface area (Å²) in [5, 5.41) is 2.71. The van der Waals surface area contributed by atoms with Crippen LogP contribution in [0.3, 0.4) is 0 Å². The first-order chi connectivity index (χ1) is 12.7. The molecule has 136 valence electrons. The Kier molecular flexibility index (Phi) is 7.58. The van der Waals surface area contributed by atoms with Crippen molar-refractivity contribution < 1.29 is 19.1 Å². The molecule has 0 spiro atoms. The van der Waals surface area contributed by atoms with Gasteiger partial charge in [0.05, 0.1) is 7.11 Å². The molecule has 0 saturated carbocycles. The minimum atomic E-state index is -0.790. The number of ether oxygens (including phenoxy) is 2. The van der Waals surface area contributed by atoms with E-state index < -0.39 is 18.1 Å². The Hall–Kier alpha value is -2.92. The van der Waals surface area contributed by atoms with Crippen molar-refractivity contribution in [3.63, 3.8) is 0 Å². The number of benzene rings is 2. The molecule has 26 heavy (non-hydrogen) atoms. The maximum atomic E-state index is 12.6. The fourth-order valence-electron chi connectivity index (χ4n) is 2.53. The lowest BCUT2D eigenvalue weighted by molar-refractivity contribution is -0.146. The van der Waals surface area contributed by atoms with E-state index in [0.717, 1.165) is 11.1 Å². The number of methoxy groups -OCH3 is 2. The van der Waals surface area contributed by atoms with Gasteiger partial charge in [0.15, 0.2) is 6.10 Å². The van der Waals surface area contributed by atoms with Crippen molar-refractivity contribution in [2.75, 3.05) is 14.2 Å². The zero-order valence-corrected chi connectivity index (χ0v) is 14.9. The highest BCUT2D eigenvalue weighted by Gasteiger charge is 2.26. The summed E-state index contributed by atoms with van der Waals surface area (Å²) in [6, 6.07) is 18.1. The molecule has 0 saturated heterocycles. The van der Waals surface area contributed by atoms with Gasteiger partial charge in [-0.1, -0.05) is 72.8 Å². The number of esters is 1. The van der Waals surface area contributed by atoms with Gasteiger partial charge in [-0.15, -0.1) is 0 Å². The largest absolute Gasteiger partial charge is 0.467 e. The second-order valence-electron chi connectivity index (χ2n) is 5.66. The van der Waals surface area contributed by atoms with Crippen LogP contribution in [0.25, 0.3) is 6.08 Å². The minimum Gasteiger partial charge on any atom is -0.467 e. The Bertz CT molecular complexity index is 728. The Morgan fingerprint density at radius 3 is 2.19 bits per heavy atom. The minimum absolute atomic E-state index is 0.318. The Balaban J connectivity index is 2.05. The first kappa shape index (κ1) is 19.4. The maximum Gasteiger partial charge on any atom is 0.328 e. The van der Waals surface area contributed by atoms with Gasteiger partial charge >= 0.3 is 5.97 Å². The molecule has 1 N–H and O–H groups in total. The molecule has 2 aromatic rings. The Morgan fingerprint density at radius 1 is 1.00 bits per heavy atom. The smallest absolute Gasteiger partial charge is 0.328 e. The third kappa shape index (κ3) is 5.57. The van der Waals surface area contributed by atoms with Crippen molar-refractivity contribution in [2.45, 2.75) is 18.6 Å². The standard InChI is InChI=1S/C21H23NO4/c1-25-19(17-13-7-4-8-14-17)20(23)22-18(21(24)26-2)15-9-12-16-10-5-3-6-11-16/h3-14,18-19H,15H2,1-2H3,(H,22,23)/b12-9+/t18-,19-/m1/s1. The second kappa shape index (κ2) is 10.2. The van der Waals surface area contributed by atoms with Crippen LogP contribution in [-0.4, -0.2) is 32.1 Å². The van der Waals surface area contributed by atoms with Gasteiger partial charge in [-0.25, -0.2) is 4.79 Å². The molecule has 0 aromatic heterocycles. The van der Waals surface area contributed by atoms with E-state index in [-0.39, 0.29) is 5.91 Å². The van der Waals surface area contributed by atoms with Crippen molar-refractivity contribution in [1.82, 2.24) is 5.32 Å². The number of rotatable bonds is 8. The topological polar surface area (TPSA) is 64.6 Å². The van der Waals surface area contributed by atoms with Crippen LogP contribution in [0.15, 0.2) is 66.7 Å². The summed E-state index contributed by atoms with van der Waals surface area (Å²) < 4.78 is 10.1. The third-order valence-electron chi connectivity index (χ3n) is 3.86. The third-order valence-corrected chi connectivity index (χ3v) is 3.86. The number of hydrogen-bond acceptors (Lipinski definition) is 4. The van der Waals surface area contributed by atoms with Crippen LogP contribution in [0.1, 0.15) is 23.7 Å². The van der Waals surface area contributed by atoms with Gasteiger partial charge in [0, 0.05) is 7.11 Å². The summed E-state index contributed by atoms with van der Waals surface area (Å²) in [6.45, 7) is 0. The normalized spacial score (nSPS) is 13.2. The summed E-state index contributed by atoms with van der Waals surface area (Å²) in [7, 11) is 2.76. The fraction of sp³-hybridized carbons (Fsp3) is 0.238. The molecule has 5 heteroatoms. The van der Waals surface area contributed by atoms with Crippen molar-refractivity contribution in [3.05, 3.63) is 77.9 Å². The van der Waals surface area contributed by atoms with Crippen LogP contribution in [0.4, 0.5) is 0 Å². The van der Waals surface area contributed by atoms with E-state index in [4.69, 9.17) is 9.47 Å². The molecule has 5 nitrogen and oxygen atoms in total. The summed E-state index contributed by atoms with van der Waals surface area (Å²) in [4.78, 5) is 24.6. The van der Waals surface area contributed by atoms with Gasteiger partial charge in [-0.2, -0.15) is 0 Å². The van der Waals surface area contributed by atoms with Gasteiger partial charge in [-0.05, 0) is 17.5 Å². The zero-order valence-electron chi connectivity index (χ0n) is 14.9. The lowest BCUT2D eigenvalue weighted by Crippen LogP contribution is -2.43. The molecule has 0 aliphatic rings. The molecule has 0 heterocycles. The number of carbonyl (C=O) groups excluding carboxylic acids is 2.